The van der Waals surface area contributed by atoms with Crippen LogP contribution >= 0.6 is 24.0 Å². The topological polar surface area (TPSA) is 60.4 Å². The predicted octanol–water partition coefficient (Wildman–Crippen LogP) is 2.51. The highest BCUT2D eigenvalue weighted by Gasteiger charge is 2.31. The van der Waals surface area contributed by atoms with E-state index < -0.39 is 5.97 Å². The zero-order chi connectivity index (χ0) is 16.8. The second-order valence-corrected chi connectivity index (χ2v) is 7.11. The van der Waals surface area contributed by atoms with Crippen molar-refractivity contribution in [2.75, 3.05) is 6.54 Å². The highest BCUT2D eigenvalue weighted by atomic mass is 32.2. The maximum Gasteiger partial charge on any atom is 0.266 e. The van der Waals surface area contributed by atoms with Crippen molar-refractivity contribution < 1.29 is 14.7 Å². The van der Waals surface area contributed by atoms with Gasteiger partial charge in [-0.25, -0.2) is 0 Å². The standard InChI is InChI=1S/C17H19NO3S2/c1-12-6-5-7-13(10-12)11-14-16(21)18(17(22)23-14)9-4-2-3-8-15(19)20/h5-7,10-11H,2-4,8-9H2,1H3,(H,19,20)/p-1/b14-11-. The van der Waals surface area contributed by atoms with Crippen LogP contribution in [-0.4, -0.2) is 27.6 Å². The number of hydrogen-bond donors (Lipinski definition) is 0. The SMILES string of the molecule is Cc1cccc(/C=C2\SC(=S)N(CCCCCC(=O)[O-])C2=O)c1. The molecule has 0 unspecified atom stereocenters. The fourth-order valence-corrected chi connectivity index (χ4v) is 3.63. The highest BCUT2D eigenvalue weighted by Crippen LogP contribution is 2.32. The normalized spacial score (nSPS) is 16.4. The molecular formula is C17H18NO3S2-. The molecule has 1 aromatic carbocycles. The van der Waals surface area contributed by atoms with E-state index >= 15 is 0 Å². The fourth-order valence-electron chi connectivity index (χ4n) is 2.32. The number of aliphatic carboxylic acids is 1. The first kappa shape index (κ1) is 17.7. The number of carbonyl (C=O) groups excluding carboxylic acids is 2. The summed E-state index contributed by atoms with van der Waals surface area (Å²) >= 11 is 6.60. The zero-order valence-corrected chi connectivity index (χ0v) is 14.5. The Kier molecular flexibility index (Phi) is 6.36. The van der Waals surface area contributed by atoms with Gasteiger partial charge in [0, 0.05) is 12.5 Å². The van der Waals surface area contributed by atoms with Gasteiger partial charge in [0.15, 0.2) is 0 Å². The molecule has 1 saturated heterocycles. The van der Waals surface area contributed by atoms with Crippen LogP contribution in [0.25, 0.3) is 6.08 Å². The molecular weight excluding hydrogens is 330 g/mol. The molecule has 4 nitrogen and oxygen atoms in total. The van der Waals surface area contributed by atoms with E-state index in [-0.39, 0.29) is 12.3 Å². The average molecular weight is 348 g/mol. The van der Waals surface area contributed by atoms with Crippen LogP contribution in [0.5, 0.6) is 0 Å². The van der Waals surface area contributed by atoms with Crippen molar-refractivity contribution in [3.8, 4) is 0 Å². The number of aryl methyl sites for hydroxylation is 1. The van der Waals surface area contributed by atoms with Gasteiger partial charge in [-0.2, -0.15) is 0 Å². The van der Waals surface area contributed by atoms with Crippen molar-refractivity contribution in [3.05, 3.63) is 40.3 Å². The third-order valence-electron chi connectivity index (χ3n) is 3.48. The minimum atomic E-state index is -1.03. The first-order valence-electron chi connectivity index (χ1n) is 7.49. The summed E-state index contributed by atoms with van der Waals surface area (Å²) in [5.74, 6) is -1.10. The molecule has 0 saturated carbocycles. The fraction of sp³-hybridized carbons (Fsp3) is 0.353. The molecule has 1 aliphatic heterocycles. The zero-order valence-electron chi connectivity index (χ0n) is 12.9. The average Bonchev–Trinajstić information content (AvgIpc) is 2.74. The Bertz CT molecular complexity index is 655. The van der Waals surface area contributed by atoms with Gasteiger partial charge >= 0.3 is 0 Å². The molecule has 0 atom stereocenters. The van der Waals surface area contributed by atoms with Gasteiger partial charge in [0.05, 0.1) is 4.91 Å². The number of unbranched alkanes of at least 4 members (excludes halogenated alkanes) is 2. The Hall–Kier alpha value is -1.66. The van der Waals surface area contributed by atoms with Gasteiger partial charge in [0.25, 0.3) is 5.91 Å². The van der Waals surface area contributed by atoms with E-state index in [9.17, 15) is 14.7 Å². The van der Waals surface area contributed by atoms with Crippen LogP contribution in [-0.2, 0) is 9.59 Å². The lowest BCUT2D eigenvalue weighted by Crippen LogP contribution is -2.29. The molecule has 1 heterocycles. The first-order chi connectivity index (χ1) is 11.0. The summed E-state index contributed by atoms with van der Waals surface area (Å²) in [7, 11) is 0. The summed E-state index contributed by atoms with van der Waals surface area (Å²) in [5, 5.41) is 10.4. The number of amides is 1. The molecule has 1 aromatic rings. The molecule has 0 aromatic heterocycles. The third-order valence-corrected chi connectivity index (χ3v) is 4.85. The van der Waals surface area contributed by atoms with E-state index in [1.807, 2.05) is 37.3 Å². The third kappa shape index (κ3) is 5.18. The molecule has 23 heavy (non-hydrogen) atoms. The quantitative estimate of drug-likeness (QED) is 0.430. The van der Waals surface area contributed by atoms with E-state index in [2.05, 4.69) is 0 Å². The van der Waals surface area contributed by atoms with E-state index in [0.29, 0.717) is 22.2 Å². The molecule has 122 valence electrons. The van der Waals surface area contributed by atoms with Crippen LogP contribution in [0.2, 0.25) is 0 Å². The molecule has 0 N–H and O–H groups in total. The van der Waals surface area contributed by atoms with Gasteiger partial charge in [-0.1, -0.05) is 60.2 Å². The minimum absolute atomic E-state index is 0.0612. The van der Waals surface area contributed by atoms with Gasteiger partial charge in [-0.3, -0.25) is 9.69 Å². The second-order valence-electron chi connectivity index (χ2n) is 5.43. The van der Waals surface area contributed by atoms with E-state index in [1.165, 1.54) is 11.8 Å². The summed E-state index contributed by atoms with van der Waals surface area (Å²) in [4.78, 5) is 25.0. The molecule has 2 rings (SSSR count). The maximum absolute atomic E-state index is 12.4. The second kappa shape index (κ2) is 8.26. The lowest BCUT2D eigenvalue weighted by atomic mass is 10.1. The molecule has 1 amide bonds. The lowest BCUT2D eigenvalue weighted by Gasteiger charge is -2.14. The number of carboxylic acids is 1. The van der Waals surface area contributed by atoms with Crippen LogP contribution in [0.4, 0.5) is 0 Å². The first-order valence-corrected chi connectivity index (χ1v) is 8.72. The van der Waals surface area contributed by atoms with Gasteiger partial charge in [-0.15, -0.1) is 0 Å². The maximum atomic E-state index is 12.4. The van der Waals surface area contributed by atoms with Crippen LogP contribution < -0.4 is 5.11 Å². The van der Waals surface area contributed by atoms with Crippen LogP contribution in [0.1, 0.15) is 36.8 Å². The van der Waals surface area contributed by atoms with Gasteiger partial charge in [0.1, 0.15) is 4.32 Å². The number of carboxylic acid groups (broad SMARTS) is 1. The van der Waals surface area contributed by atoms with Crippen molar-refractivity contribution in [3.63, 3.8) is 0 Å². The van der Waals surface area contributed by atoms with Crippen molar-refractivity contribution in [2.24, 2.45) is 0 Å². The number of rotatable bonds is 7. The molecule has 1 fully saturated rings. The molecule has 0 bridgehead atoms. The van der Waals surface area contributed by atoms with E-state index in [1.54, 1.807) is 4.90 Å². The smallest absolute Gasteiger partial charge is 0.266 e. The van der Waals surface area contributed by atoms with E-state index in [4.69, 9.17) is 12.2 Å². The van der Waals surface area contributed by atoms with Crippen molar-refractivity contribution in [1.29, 1.82) is 0 Å². The Labute approximate surface area is 145 Å². The predicted molar refractivity (Wildman–Crippen MR) is 94.5 cm³/mol. The summed E-state index contributed by atoms with van der Waals surface area (Å²) in [5.41, 5.74) is 2.13. The summed E-state index contributed by atoms with van der Waals surface area (Å²) < 4.78 is 0.564. The van der Waals surface area contributed by atoms with Gasteiger partial charge in [0.2, 0.25) is 0 Å². The Morgan fingerprint density at radius 1 is 1.35 bits per heavy atom. The molecule has 0 radical (unpaired) electrons. The minimum Gasteiger partial charge on any atom is -0.550 e. The lowest BCUT2D eigenvalue weighted by molar-refractivity contribution is -0.305. The Morgan fingerprint density at radius 2 is 2.13 bits per heavy atom. The summed E-state index contributed by atoms with van der Waals surface area (Å²) in [6.45, 7) is 2.54. The van der Waals surface area contributed by atoms with Crippen LogP contribution in [0.15, 0.2) is 29.2 Å². The highest BCUT2D eigenvalue weighted by molar-refractivity contribution is 8.26. The number of thioether (sulfide) groups is 1. The molecule has 0 spiro atoms. The largest absolute Gasteiger partial charge is 0.550 e. The molecule has 1 aliphatic rings. The summed E-state index contributed by atoms with van der Waals surface area (Å²) in [6, 6.07) is 7.94. The van der Waals surface area contributed by atoms with Gasteiger partial charge < -0.3 is 9.90 Å². The molecule has 6 heteroatoms. The number of carbonyl (C=O) groups is 2. The van der Waals surface area contributed by atoms with Crippen LogP contribution in [0, 0.1) is 6.92 Å². The Morgan fingerprint density at radius 3 is 2.83 bits per heavy atom. The number of thiocarbonyl (C=S) groups is 1. The summed E-state index contributed by atoms with van der Waals surface area (Å²) in [6.07, 6.45) is 3.96. The van der Waals surface area contributed by atoms with Crippen molar-refractivity contribution >= 4 is 46.3 Å². The van der Waals surface area contributed by atoms with Crippen molar-refractivity contribution in [2.45, 2.75) is 32.6 Å². The number of hydrogen-bond acceptors (Lipinski definition) is 5. The Balaban J connectivity index is 1.93. The van der Waals surface area contributed by atoms with E-state index in [0.717, 1.165) is 24.0 Å². The molecule has 0 aliphatic carbocycles. The van der Waals surface area contributed by atoms with Crippen molar-refractivity contribution in [1.82, 2.24) is 4.90 Å². The number of nitrogens with zero attached hydrogens (tertiary/aromatic N) is 1. The number of benzene rings is 1. The van der Waals surface area contributed by atoms with Gasteiger partial charge in [-0.05, 0) is 37.8 Å². The monoisotopic (exact) mass is 348 g/mol. The van der Waals surface area contributed by atoms with Crippen LogP contribution in [0.3, 0.4) is 0 Å².